The monoisotopic (exact) mass is 243 g/mol. The van der Waals surface area contributed by atoms with Crippen LogP contribution in [0.4, 0.5) is 0 Å². The second kappa shape index (κ2) is 7.67. The summed E-state index contributed by atoms with van der Waals surface area (Å²) in [7, 11) is 4.09. The van der Waals surface area contributed by atoms with Crippen LogP contribution in [-0.4, -0.2) is 50.1 Å². The molecule has 0 unspecified atom stereocenters. The SMILES string of the molecule is CC(C)CCNC(=O)CNCC(C)(C)N(C)C. The predicted octanol–water partition coefficient (Wildman–Crippen LogP) is 1.08. The lowest BCUT2D eigenvalue weighted by Crippen LogP contribution is -2.48. The summed E-state index contributed by atoms with van der Waals surface area (Å²) in [5.41, 5.74) is 0.0677. The van der Waals surface area contributed by atoms with Gasteiger partial charge in [0.25, 0.3) is 0 Å². The molecule has 17 heavy (non-hydrogen) atoms. The third-order valence-electron chi connectivity index (χ3n) is 3.10. The van der Waals surface area contributed by atoms with E-state index in [4.69, 9.17) is 0 Å². The molecule has 0 aromatic rings. The van der Waals surface area contributed by atoms with Gasteiger partial charge in [-0.25, -0.2) is 0 Å². The molecule has 0 rings (SSSR count). The summed E-state index contributed by atoms with van der Waals surface area (Å²) in [4.78, 5) is 13.6. The minimum absolute atomic E-state index is 0.0677. The number of nitrogens with one attached hydrogen (secondary N) is 2. The Morgan fingerprint density at radius 3 is 2.35 bits per heavy atom. The molecule has 0 radical (unpaired) electrons. The van der Waals surface area contributed by atoms with E-state index in [-0.39, 0.29) is 11.4 Å². The van der Waals surface area contributed by atoms with Gasteiger partial charge in [0.05, 0.1) is 6.54 Å². The van der Waals surface area contributed by atoms with E-state index < -0.39 is 0 Å². The van der Waals surface area contributed by atoms with Crippen LogP contribution in [0.1, 0.15) is 34.1 Å². The number of nitrogens with zero attached hydrogens (tertiary/aromatic N) is 1. The van der Waals surface area contributed by atoms with Crippen molar-refractivity contribution in [3.8, 4) is 0 Å². The first-order valence-corrected chi connectivity index (χ1v) is 6.40. The second-order valence-corrected chi connectivity index (χ2v) is 5.84. The Hall–Kier alpha value is -0.610. The molecule has 0 bridgehead atoms. The maximum atomic E-state index is 11.5. The molecule has 0 aliphatic rings. The van der Waals surface area contributed by atoms with E-state index in [1.54, 1.807) is 0 Å². The maximum absolute atomic E-state index is 11.5. The van der Waals surface area contributed by atoms with E-state index in [0.717, 1.165) is 19.5 Å². The van der Waals surface area contributed by atoms with E-state index >= 15 is 0 Å². The van der Waals surface area contributed by atoms with E-state index in [2.05, 4.69) is 43.2 Å². The number of likely N-dealkylation sites (N-methyl/N-ethyl adjacent to an activating group) is 1. The van der Waals surface area contributed by atoms with Crippen LogP contribution in [0.25, 0.3) is 0 Å². The summed E-state index contributed by atoms with van der Waals surface area (Å²) in [6.07, 6.45) is 1.04. The molecule has 0 saturated carbocycles. The molecule has 0 spiro atoms. The van der Waals surface area contributed by atoms with Gasteiger partial charge in [-0.05, 0) is 40.3 Å². The van der Waals surface area contributed by atoms with Crippen LogP contribution in [0, 0.1) is 5.92 Å². The van der Waals surface area contributed by atoms with Crippen LogP contribution in [0.15, 0.2) is 0 Å². The fourth-order valence-electron chi connectivity index (χ4n) is 1.20. The molecule has 0 aliphatic heterocycles. The van der Waals surface area contributed by atoms with Gasteiger partial charge in [-0.1, -0.05) is 13.8 Å². The van der Waals surface area contributed by atoms with Crippen LogP contribution in [0.2, 0.25) is 0 Å². The first kappa shape index (κ1) is 16.4. The molecular formula is C13H29N3O. The van der Waals surface area contributed by atoms with Crippen LogP contribution in [-0.2, 0) is 4.79 Å². The fourth-order valence-corrected chi connectivity index (χ4v) is 1.20. The van der Waals surface area contributed by atoms with Crippen molar-refractivity contribution in [3.63, 3.8) is 0 Å². The highest BCUT2D eigenvalue weighted by molar-refractivity contribution is 5.77. The maximum Gasteiger partial charge on any atom is 0.233 e. The average Bonchev–Trinajstić information content (AvgIpc) is 2.16. The van der Waals surface area contributed by atoms with Gasteiger partial charge >= 0.3 is 0 Å². The van der Waals surface area contributed by atoms with Crippen molar-refractivity contribution in [2.24, 2.45) is 5.92 Å². The molecule has 102 valence electrons. The molecule has 0 atom stereocenters. The number of amides is 1. The fraction of sp³-hybridized carbons (Fsp3) is 0.923. The summed E-state index contributed by atoms with van der Waals surface area (Å²) in [6.45, 7) is 10.6. The minimum atomic E-state index is 0.0677. The Morgan fingerprint density at radius 2 is 1.88 bits per heavy atom. The summed E-state index contributed by atoms with van der Waals surface area (Å²) in [5, 5.41) is 6.11. The quantitative estimate of drug-likeness (QED) is 0.670. The highest BCUT2D eigenvalue weighted by Crippen LogP contribution is 2.07. The number of carbonyl (C=O) groups excluding carboxylic acids is 1. The average molecular weight is 243 g/mol. The van der Waals surface area contributed by atoms with Gasteiger partial charge in [0.1, 0.15) is 0 Å². The molecule has 0 aliphatic carbocycles. The van der Waals surface area contributed by atoms with Gasteiger partial charge in [-0.2, -0.15) is 0 Å². The number of hydrogen-bond acceptors (Lipinski definition) is 3. The van der Waals surface area contributed by atoms with Crippen LogP contribution < -0.4 is 10.6 Å². The Balaban J connectivity index is 3.65. The highest BCUT2D eigenvalue weighted by Gasteiger charge is 2.19. The van der Waals surface area contributed by atoms with Gasteiger partial charge in [0, 0.05) is 18.6 Å². The van der Waals surface area contributed by atoms with Gasteiger partial charge in [-0.3, -0.25) is 4.79 Å². The van der Waals surface area contributed by atoms with Crippen molar-refractivity contribution < 1.29 is 4.79 Å². The van der Waals surface area contributed by atoms with E-state index in [1.807, 2.05) is 14.1 Å². The molecule has 0 aromatic heterocycles. The van der Waals surface area contributed by atoms with Crippen molar-refractivity contribution in [2.45, 2.75) is 39.7 Å². The van der Waals surface area contributed by atoms with Crippen LogP contribution in [0.3, 0.4) is 0 Å². The zero-order valence-corrected chi connectivity index (χ0v) is 12.3. The molecule has 2 N–H and O–H groups in total. The Morgan fingerprint density at radius 1 is 1.29 bits per heavy atom. The van der Waals surface area contributed by atoms with Gasteiger partial charge in [0.2, 0.25) is 5.91 Å². The minimum Gasteiger partial charge on any atom is -0.355 e. The molecule has 0 saturated heterocycles. The lowest BCUT2D eigenvalue weighted by molar-refractivity contribution is -0.120. The van der Waals surface area contributed by atoms with E-state index in [0.29, 0.717) is 12.5 Å². The third kappa shape index (κ3) is 8.16. The smallest absolute Gasteiger partial charge is 0.233 e. The molecule has 0 fully saturated rings. The lowest BCUT2D eigenvalue weighted by atomic mass is 10.0. The zero-order chi connectivity index (χ0) is 13.5. The van der Waals surface area contributed by atoms with Gasteiger partial charge in [-0.15, -0.1) is 0 Å². The van der Waals surface area contributed by atoms with Crippen molar-refractivity contribution in [1.82, 2.24) is 15.5 Å². The largest absolute Gasteiger partial charge is 0.355 e. The first-order chi connectivity index (χ1) is 7.75. The van der Waals surface area contributed by atoms with Crippen molar-refractivity contribution >= 4 is 5.91 Å². The Kier molecular flexibility index (Phi) is 7.39. The van der Waals surface area contributed by atoms with Gasteiger partial charge in [0.15, 0.2) is 0 Å². The van der Waals surface area contributed by atoms with Crippen molar-refractivity contribution in [1.29, 1.82) is 0 Å². The zero-order valence-electron chi connectivity index (χ0n) is 12.3. The van der Waals surface area contributed by atoms with Crippen molar-refractivity contribution in [3.05, 3.63) is 0 Å². The molecule has 0 heterocycles. The third-order valence-corrected chi connectivity index (χ3v) is 3.10. The first-order valence-electron chi connectivity index (χ1n) is 6.40. The standard InChI is InChI=1S/C13H29N3O/c1-11(2)7-8-15-12(17)9-14-10-13(3,4)16(5)6/h11,14H,7-10H2,1-6H3,(H,15,17). The van der Waals surface area contributed by atoms with Crippen LogP contribution in [0.5, 0.6) is 0 Å². The molecular weight excluding hydrogens is 214 g/mol. The molecule has 1 amide bonds. The lowest BCUT2D eigenvalue weighted by Gasteiger charge is -2.32. The second-order valence-electron chi connectivity index (χ2n) is 5.84. The van der Waals surface area contributed by atoms with E-state index in [1.165, 1.54) is 0 Å². The highest BCUT2D eigenvalue weighted by atomic mass is 16.1. The molecule has 4 heteroatoms. The Labute approximate surface area is 106 Å². The summed E-state index contributed by atoms with van der Waals surface area (Å²) < 4.78 is 0. The number of carbonyl (C=O) groups is 1. The summed E-state index contributed by atoms with van der Waals surface area (Å²) in [6, 6.07) is 0. The summed E-state index contributed by atoms with van der Waals surface area (Å²) >= 11 is 0. The van der Waals surface area contributed by atoms with Crippen molar-refractivity contribution in [2.75, 3.05) is 33.7 Å². The summed E-state index contributed by atoms with van der Waals surface area (Å²) in [5.74, 6) is 0.719. The van der Waals surface area contributed by atoms with Gasteiger partial charge < -0.3 is 15.5 Å². The molecule has 4 nitrogen and oxygen atoms in total. The normalized spacial score (nSPS) is 12.2. The Bertz CT molecular complexity index is 225. The number of rotatable bonds is 8. The topological polar surface area (TPSA) is 44.4 Å². The number of hydrogen-bond donors (Lipinski definition) is 2. The van der Waals surface area contributed by atoms with Crippen LogP contribution >= 0.6 is 0 Å². The van der Waals surface area contributed by atoms with E-state index in [9.17, 15) is 4.79 Å². The molecule has 0 aromatic carbocycles. The predicted molar refractivity (Wildman–Crippen MR) is 73.1 cm³/mol.